The molecule has 182 valence electrons. The summed E-state index contributed by atoms with van der Waals surface area (Å²) < 4.78 is 29.4. The van der Waals surface area contributed by atoms with Crippen LogP contribution in [0.15, 0.2) is 71.5 Å². The molecule has 0 radical (unpaired) electrons. The van der Waals surface area contributed by atoms with E-state index in [0.717, 1.165) is 17.3 Å². The molecule has 1 unspecified atom stereocenters. The van der Waals surface area contributed by atoms with Crippen LogP contribution in [0, 0.1) is 23.1 Å². The topological polar surface area (TPSA) is 103 Å². The molecule has 6 rings (SSSR count). The van der Waals surface area contributed by atoms with Crippen molar-refractivity contribution in [3.05, 3.63) is 84.6 Å². The van der Waals surface area contributed by atoms with Crippen molar-refractivity contribution < 1.29 is 13.5 Å². The Balaban J connectivity index is 1.34. The van der Waals surface area contributed by atoms with Crippen molar-refractivity contribution in [2.45, 2.75) is 19.4 Å². The molecular formula is C27H20AsFN6O2. The number of nitriles is 1. The van der Waals surface area contributed by atoms with E-state index in [9.17, 15) is 5.26 Å². The first-order valence-electron chi connectivity index (χ1n) is 11.7. The van der Waals surface area contributed by atoms with Crippen molar-refractivity contribution >= 4 is 37.9 Å². The molecule has 0 bridgehead atoms. The van der Waals surface area contributed by atoms with Gasteiger partial charge in [0.15, 0.2) is 0 Å². The molecule has 0 aliphatic heterocycles. The number of para-hydroxylation sites is 1. The monoisotopic (exact) mass is 554 g/mol. The van der Waals surface area contributed by atoms with E-state index < -0.39 is 5.82 Å². The van der Waals surface area contributed by atoms with Crippen molar-refractivity contribution in [1.29, 1.82) is 5.26 Å². The maximum absolute atomic E-state index is 15.3. The Bertz CT molecular complexity index is 1680. The molecule has 8 nitrogen and oxygen atoms in total. The molecule has 0 amide bonds. The first-order chi connectivity index (χ1) is 18.1. The molecule has 0 saturated heterocycles. The van der Waals surface area contributed by atoms with Crippen LogP contribution in [-0.2, 0) is 6.54 Å². The van der Waals surface area contributed by atoms with E-state index in [1.165, 1.54) is 29.2 Å². The van der Waals surface area contributed by atoms with Crippen LogP contribution in [0.4, 0.5) is 4.39 Å². The van der Waals surface area contributed by atoms with Crippen LogP contribution >= 0.6 is 0 Å². The molecule has 2 aromatic carbocycles. The van der Waals surface area contributed by atoms with Gasteiger partial charge in [0.25, 0.3) is 0 Å². The average molecular weight is 554 g/mol. The van der Waals surface area contributed by atoms with Gasteiger partial charge in [-0.15, -0.1) is 0 Å². The van der Waals surface area contributed by atoms with Gasteiger partial charge in [-0.25, -0.2) is 0 Å². The summed E-state index contributed by atoms with van der Waals surface area (Å²) in [4.78, 5) is 13.0. The first kappa shape index (κ1) is 23.1. The van der Waals surface area contributed by atoms with Crippen molar-refractivity contribution in [1.82, 2.24) is 24.7 Å². The molecule has 1 aliphatic carbocycles. The number of benzene rings is 2. The second-order valence-corrected chi connectivity index (χ2v) is 9.83. The number of fused-ring (bicyclic) bond motifs is 1. The molecular weight excluding hydrogens is 534 g/mol. The Morgan fingerprint density at radius 1 is 1.16 bits per heavy atom. The zero-order valence-electron chi connectivity index (χ0n) is 19.5. The molecule has 5 aromatic rings. The van der Waals surface area contributed by atoms with E-state index in [1.807, 2.05) is 24.3 Å². The molecule has 3 heterocycles. The van der Waals surface area contributed by atoms with Gasteiger partial charge in [-0.3, -0.25) is 0 Å². The van der Waals surface area contributed by atoms with E-state index in [4.69, 9.17) is 14.3 Å². The standard InChI is InChI=1S/C27H20AsFN6O2/c28-25-23-24(21-9-8-19(11-22(21)29)36-18-4-2-1-3-5-18)34-35(26(23)33-15-32-25)14-20-13-31-27(37-20)17(12-30)10-16-6-7-16/h1-5,8-11,13,15-16H,6-7,14,28H2. The Labute approximate surface area is 219 Å². The molecule has 10 heteroatoms. The number of nitrogens with zero attached hydrogens (tertiary/aromatic N) is 6. The summed E-state index contributed by atoms with van der Waals surface area (Å²) in [7, 11) is 0. The number of rotatable bonds is 7. The molecule has 3 aromatic heterocycles. The van der Waals surface area contributed by atoms with Gasteiger partial charge in [0.05, 0.1) is 0 Å². The number of oxazole rings is 1. The van der Waals surface area contributed by atoms with E-state index in [-0.39, 0.29) is 12.4 Å². The van der Waals surface area contributed by atoms with Crippen LogP contribution < -0.4 is 9.22 Å². The third-order valence-electron chi connectivity index (χ3n) is 5.97. The van der Waals surface area contributed by atoms with Gasteiger partial charge >= 0.3 is 220 Å². The van der Waals surface area contributed by atoms with Gasteiger partial charge in [0.1, 0.15) is 0 Å². The van der Waals surface area contributed by atoms with Crippen LogP contribution in [-0.4, -0.2) is 41.6 Å². The summed E-state index contributed by atoms with van der Waals surface area (Å²) in [6.45, 7) is 0.214. The fraction of sp³-hybridized carbons (Fsp3) is 0.148. The molecule has 1 aliphatic rings. The number of halogens is 1. The molecule has 0 N–H and O–H groups in total. The Morgan fingerprint density at radius 3 is 2.76 bits per heavy atom. The molecule has 1 fully saturated rings. The van der Waals surface area contributed by atoms with Crippen LogP contribution in [0.3, 0.4) is 0 Å². The summed E-state index contributed by atoms with van der Waals surface area (Å²) in [6.07, 6.45) is 7.11. The molecule has 0 spiro atoms. The molecule has 37 heavy (non-hydrogen) atoms. The van der Waals surface area contributed by atoms with Gasteiger partial charge in [-0.2, -0.15) is 0 Å². The number of ether oxygens (including phenoxy) is 1. The van der Waals surface area contributed by atoms with E-state index in [0.29, 0.717) is 51.0 Å². The van der Waals surface area contributed by atoms with Crippen LogP contribution in [0.1, 0.15) is 24.5 Å². The second kappa shape index (κ2) is 9.64. The van der Waals surface area contributed by atoms with Gasteiger partial charge in [0, 0.05) is 0 Å². The average Bonchev–Trinajstić information content (AvgIpc) is 3.48. The van der Waals surface area contributed by atoms with Gasteiger partial charge in [0.2, 0.25) is 0 Å². The number of allylic oxidation sites excluding steroid dienone is 2. The Kier molecular flexibility index (Phi) is 6.03. The first-order valence-corrected chi connectivity index (χ1v) is 12.9. The fourth-order valence-corrected chi connectivity index (χ4v) is 4.71. The maximum atomic E-state index is 15.3. The predicted octanol–water partition coefficient (Wildman–Crippen LogP) is 4.04. The Morgan fingerprint density at radius 2 is 2.00 bits per heavy atom. The van der Waals surface area contributed by atoms with Crippen molar-refractivity contribution in [3.8, 4) is 28.8 Å². The normalized spacial score (nSPS) is 13.6. The fourth-order valence-electron chi connectivity index (χ4n) is 4.01. The van der Waals surface area contributed by atoms with Crippen LogP contribution in [0.5, 0.6) is 11.5 Å². The third-order valence-corrected chi connectivity index (χ3v) is 6.89. The predicted molar refractivity (Wildman–Crippen MR) is 137 cm³/mol. The number of hydrogen-bond acceptors (Lipinski definition) is 7. The minimum atomic E-state index is -0.471. The zero-order valence-corrected chi connectivity index (χ0v) is 21.9. The number of aromatic nitrogens is 5. The number of hydrogen-bond donors (Lipinski definition) is 0. The minimum absolute atomic E-state index is 0.214. The van der Waals surface area contributed by atoms with Crippen molar-refractivity contribution in [2.24, 2.45) is 5.92 Å². The SMILES string of the molecule is N#CC(=CC1CC1)c1ncc(Cn2nc(-c3ccc(Oc4ccccc4)cc3F)c3c([AsH2])ncnc32)o1. The second-order valence-electron chi connectivity index (χ2n) is 8.68. The summed E-state index contributed by atoms with van der Waals surface area (Å²) in [5.74, 6) is 1.75. The van der Waals surface area contributed by atoms with E-state index >= 15 is 4.39 Å². The summed E-state index contributed by atoms with van der Waals surface area (Å²) in [5, 5.41) is 14.9. The molecule has 1 atom stereocenters. The quantitative estimate of drug-likeness (QED) is 0.221. The summed E-state index contributed by atoms with van der Waals surface area (Å²) >= 11 is 1.29. The molecule has 1 saturated carbocycles. The summed E-state index contributed by atoms with van der Waals surface area (Å²) in [5.41, 5.74) is 1.74. The van der Waals surface area contributed by atoms with Crippen LogP contribution in [0.25, 0.3) is 27.9 Å². The van der Waals surface area contributed by atoms with Gasteiger partial charge < -0.3 is 0 Å². The van der Waals surface area contributed by atoms with Gasteiger partial charge in [-0.05, 0) is 0 Å². The van der Waals surface area contributed by atoms with E-state index in [2.05, 4.69) is 21.0 Å². The van der Waals surface area contributed by atoms with Gasteiger partial charge in [-0.1, -0.05) is 0 Å². The van der Waals surface area contributed by atoms with E-state index in [1.54, 1.807) is 35.1 Å². The van der Waals surface area contributed by atoms with Crippen molar-refractivity contribution in [2.75, 3.05) is 0 Å². The third kappa shape index (κ3) is 4.76. The Hall–Kier alpha value is -4.28. The van der Waals surface area contributed by atoms with Crippen LogP contribution in [0.2, 0.25) is 0 Å². The van der Waals surface area contributed by atoms with Crippen molar-refractivity contribution in [3.63, 3.8) is 0 Å². The summed E-state index contributed by atoms with van der Waals surface area (Å²) in [6, 6.07) is 16.1. The zero-order chi connectivity index (χ0) is 25.4.